The summed E-state index contributed by atoms with van der Waals surface area (Å²) in [5, 5.41) is 2.94. The van der Waals surface area contributed by atoms with Crippen molar-refractivity contribution in [2.24, 2.45) is 0 Å². The molecule has 0 unspecified atom stereocenters. The van der Waals surface area contributed by atoms with Gasteiger partial charge < -0.3 is 15.1 Å². The van der Waals surface area contributed by atoms with E-state index in [0.717, 1.165) is 30.6 Å². The Morgan fingerprint density at radius 1 is 1.20 bits per heavy atom. The van der Waals surface area contributed by atoms with Crippen LogP contribution >= 0.6 is 0 Å². The Morgan fingerprint density at radius 2 is 2.00 bits per heavy atom. The fourth-order valence-corrected chi connectivity index (χ4v) is 3.73. The highest BCUT2D eigenvalue weighted by Gasteiger charge is 2.38. The fraction of sp³-hybridized carbons (Fsp3) is 0.300. The van der Waals surface area contributed by atoms with E-state index in [4.69, 9.17) is 0 Å². The molecule has 2 aliphatic rings. The van der Waals surface area contributed by atoms with Crippen LogP contribution in [0.5, 0.6) is 0 Å². The van der Waals surface area contributed by atoms with Crippen LogP contribution < -0.4 is 10.2 Å². The minimum atomic E-state index is -0.124. The minimum absolute atomic E-state index is 0.0758. The molecule has 0 bridgehead atoms. The van der Waals surface area contributed by atoms with Crippen molar-refractivity contribution in [1.29, 1.82) is 0 Å². The molecular formula is C20H21N3O2. The standard InChI is InChI=1S/C20H21N3O2/c1-22-17-12-15(19(24)21-13-14-6-3-2-4-7-14)9-10-16(17)20(25)23-11-5-8-18(22)23/h2-4,6-7,9-10,12,18H,5,8,11,13H2,1H3,(H,21,24)/t18-/m0/s1. The molecule has 0 radical (unpaired) electrons. The van der Waals surface area contributed by atoms with E-state index >= 15 is 0 Å². The zero-order valence-electron chi connectivity index (χ0n) is 14.2. The van der Waals surface area contributed by atoms with Gasteiger partial charge in [0.1, 0.15) is 6.17 Å². The topological polar surface area (TPSA) is 52.7 Å². The van der Waals surface area contributed by atoms with Crippen LogP contribution in [0, 0.1) is 0 Å². The Kier molecular flexibility index (Phi) is 3.92. The van der Waals surface area contributed by atoms with Crippen molar-refractivity contribution in [2.45, 2.75) is 25.6 Å². The van der Waals surface area contributed by atoms with E-state index in [2.05, 4.69) is 10.2 Å². The Morgan fingerprint density at radius 3 is 2.80 bits per heavy atom. The van der Waals surface area contributed by atoms with E-state index in [0.29, 0.717) is 17.7 Å². The van der Waals surface area contributed by atoms with Gasteiger partial charge in [0, 0.05) is 25.7 Å². The molecule has 1 saturated heterocycles. The minimum Gasteiger partial charge on any atom is -0.354 e. The summed E-state index contributed by atoms with van der Waals surface area (Å²) in [6.45, 7) is 1.30. The Balaban J connectivity index is 1.55. The number of hydrogen-bond acceptors (Lipinski definition) is 3. The summed E-state index contributed by atoms with van der Waals surface area (Å²) in [4.78, 5) is 29.2. The molecule has 1 N–H and O–H groups in total. The van der Waals surface area contributed by atoms with Crippen LogP contribution in [-0.4, -0.2) is 36.5 Å². The van der Waals surface area contributed by atoms with Gasteiger partial charge >= 0.3 is 0 Å². The highest BCUT2D eigenvalue weighted by atomic mass is 16.2. The molecule has 4 rings (SSSR count). The first kappa shape index (κ1) is 15.7. The molecule has 0 aromatic heterocycles. The number of nitrogens with zero attached hydrogens (tertiary/aromatic N) is 2. The van der Waals surface area contributed by atoms with Gasteiger partial charge in [-0.2, -0.15) is 0 Å². The molecule has 2 aromatic carbocycles. The summed E-state index contributed by atoms with van der Waals surface area (Å²) in [5.41, 5.74) is 3.17. The van der Waals surface area contributed by atoms with Gasteiger partial charge in [-0.25, -0.2) is 0 Å². The molecule has 2 aromatic rings. The van der Waals surface area contributed by atoms with Crippen molar-refractivity contribution in [1.82, 2.24) is 10.2 Å². The molecule has 2 heterocycles. The van der Waals surface area contributed by atoms with Crippen molar-refractivity contribution in [3.8, 4) is 0 Å². The number of benzene rings is 2. The number of carbonyl (C=O) groups excluding carboxylic acids is 2. The highest BCUT2D eigenvalue weighted by molar-refractivity contribution is 6.04. The van der Waals surface area contributed by atoms with Gasteiger partial charge in [-0.3, -0.25) is 9.59 Å². The van der Waals surface area contributed by atoms with E-state index in [-0.39, 0.29) is 18.0 Å². The van der Waals surface area contributed by atoms with Crippen molar-refractivity contribution in [3.05, 3.63) is 65.2 Å². The number of fused-ring (bicyclic) bond motifs is 2. The number of rotatable bonds is 3. The summed E-state index contributed by atoms with van der Waals surface area (Å²) in [5.74, 6) is -0.0480. The molecule has 1 atom stereocenters. The molecule has 25 heavy (non-hydrogen) atoms. The zero-order valence-corrected chi connectivity index (χ0v) is 14.2. The molecule has 1 fully saturated rings. The maximum absolute atomic E-state index is 12.6. The van der Waals surface area contributed by atoms with Crippen LogP contribution in [0.3, 0.4) is 0 Å². The van der Waals surface area contributed by atoms with Crippen LogP contribution in [0.15, 0.2) is 48.5 Å². The highest BCUT2D eigenvalue weighted by Crippen LogP contribution is 2.35. The van der Waals surface area contributed by atoms with Crippen LogP contribution in [0.1, 0.15) is 39.1 Å². The van der Waals surface area contributed by atoms with Crippen molar-refractivity contribution >= 4 is 17.5 Å². The number of carbonyl (C=O) groups is 2. The number of amides is 2. The van der Waals surface area contributed by atoms with Crippen LogP contribution in [0.4, 0.5) is 5.69 Å². The second kappa shape index (κ2) is 6.24. The first-order chi connectivity index (χ1) is 12.1. The first-order valence-electron chi connectivity index (χ1n) is 8.65. The normalized spacial score (nSPS) is 18.8. The average molecular weight is 335 g/mol. The van der Waals surface area contributed by atoms with E-state index in [1.165, 1.54) is 0 Å². The summed E-state index contributed by atoms with van der Waals surface area (Å²) >= 11 is 0. The van der Waals surface area contributed by atoms with E-state index in [1.807, 2.05) is 48.3 Å². The van der Waals surface area contributed by atoms with Crippen LogP contribution in [-0.2, 0) is 6.54 Å². The Labute approximate surface area is 147 Å². The third-order valence-electron chi connectivity index (χ3n) is 5.10. The summed E-state index contributed by atoms with van der Waals surface area (Å²) < 4.78 is 0. The number of anilines is 1. The molecule has 0 spiro atoms. The molecule has 5 nitrogen and oxygen atoms in total. The van der Waals surface area contributed by atoms with Gasteiger partial charge in [0.25, 0.3) is 11.8 Å². The SMILES string of the molecule is CN1c2cc(C(=O)NCc3ccccc3)ccc2C(=O)N2CCC[C@H]21. The van der Waals surface area contributed by atoms with Crippen molar-refractivity contribution in [2.75, 3.05) is 18.5 Å². The molecule has 128 valence electrons. The summed E-state index contributed by atoms with van der Waals surface area (Å²) in [7, 11) is 2.00. The van der Waals surface area contributed by atoms with Gasteiger partial charge in [-0.15, -0.1) is 0 Å². The maximum atomic E-state index is 12.6. The predicted octanol–water partition coefficient (Wildman–Crippen LogP) is 2.63. The Bertz CT molecular complexity index is 819. The van der Waals surface area contributed by atoms with Gasteiger partial charge in [-0.1, -0.05) is 30.3 Å². The molecule has 2 aliphatic heterocycles. The molecule has 0 saturated carbocycles. The zero-order chi connectivity index (χ0) is 17.4. The van der Waals surface area contributed by atoms with E-state index in [1.54, 1.807) is 12.1 Å². The third-order valence-corrected chi connectivity index (χ3v) is 5.10. The number of hydrogen-bond donors (Lipinski definition) is 1. The quantitative estimate of drug-likeness (QED) is 0.938. The van der Waals surface area contributed by atoms with Gasteiger partial charge in [0.05, 0.1) is 11.3 Å². The maximum Gasteiger partial charge on any atom is 0.257 e. The third kappa shape index (κ3) is 2.76. The first-order valence-corrected chi connectivity index (χ1v) is 8.65. The smallest absolute Gasteiger partial charge is 0.257 e. The van der Waals surface area contributed by atoms with Crippen LogP contribution in [0.2, 0.25) is 0 Å². The largest absolute Gasteiger partial charge is 0.354 e. The number of nitrogens with one attached hydrogen (secondary N) is 1. The summed E-state index contributed by atoms with van der Waals surface area (Å²) in [6.07, 6.45) is 2.12. The van der Waals surface area contributed by atoms with Gasteiger partial charge in [-0.05, 0) is 36.6 Å². The summed E-state index contributed by atoms with van der Waals surface area (Å²) in [6, 6.07) is 15.2. The van der Waals surface area contributed by atoms with Crippen molar-refractivity contribution in [3.63, 3.8) is 0 Å². The molecule has 2 amide bonds. The van der Waals surface area contributed by atoms with E-state index in [9.17, 15) is 9.59 Å². The van der Waals surface area contributed by atoms with E-state index < -0.39 is 0 Å². The second-order valence-corrected chi connectivity index (χ2v) is 6.63. The van der Waals surface area contributed by atoms with Gasteiger partial charge in [0.15, 0.2) is 0 Å². The molecular weight excluding hydrogens is 314 g/mol. The van der Waals surface area contributed by atoms with Crippen LogP contribution in [0.25, 0.3) is 0 Å². The lowest BCUT2D eigenvalue weighted by atomic mass is 10.0. The molecule has 5 heteroatoms. The lowest BCUT2D eigenvalue weighted by molar-refractivity contribution is 0.0719. The fourth-order valence-electron chi connectivity index (χ4n) is 3.73. The average Bonchev–Trinajstić information content (AvgIpc) is 3.15. The Hall–Kier alpha value is -2.82. The van der Waals surface area contributed by atoms with Crippen molar-refractivity contribution < 1.29 is 9.59 Å². The lowest BCUT2D eigenvalue weighted by Crippen LogP contribution is -2.50. The molecule has 0 aliphatic carbocycles. The monoisotopic (exact) mass is 335 g/mol. The predicted molar refractivity (Wildman–Crippen MR) is 96.5 cm³/mol. The van der Waals surface area contributed by atoms with Gasteiger partial charge in [0.2, 0.25) is 0 Å². The lowest BCUT2D eigenvalue weighted by Gasteiger charge is -2.40. The second-order valence-electron chi connectivity index (χ2n) is 6.63.